The number of epoxide rings is 1. The van der Waals surface area contributed by atoms with Gasteiger partial charge in [-0.3, -0.25) is 0 Å². The fourth-order valence-corrected chi connectivity index (χ4v) is 2.76. The van der Waals surface area contributed by atoms with Crippen molar-refractivity contribution in [2.75, 3.05) is 6.54 Å². The number of rotatable bonds is 3. The molecule has 2 aliphatic rings. The topological polar surface area (TPSA) is 50.9 Å². The van der Waals surface area contributed by atoms with Crippen LogP contribution in [-0.2, 0) is 9.47 Å². The van der Waals surface area contributed by atoms with Crippen LogP contribution in [0.15, 0.2) is 0 Å². The van der Waals surface area contributed by atoms with E-state index < -0.39 is 5.60 Å². The summed E-state index contributed by atoms with van der Waals surface area (Å²) < 4.78 is 11.0. The number of hydrogen-bond donors (Lipinski definition) is 1. The SMILES string of the molecule is CC(C)(C)OC(=O)NCCC12CCCCCC1O2. The molecule has 104 valence electrons. The summed E-state index contributed by atoms with van der Waals surface area (Å²) in [5.74, 6) is 0. The Morgan fingerprint density at radius 1 is 1.39 bits per heavy atom. The normalized spacial score (nSPS) is 31.2. The molecule has 2 unspecified atom stereocenters. The highest BCUT2D eigenvalue weighted by atomic mass is 16.6. The molecule has 2 atom stereocenters. The van der Waals surface area contributed by atoms with E-state index >= 15 is 0 Å². The van der Waals surface area contributed by atoms with Crippen LogP contribution in [0.25, 0.3) is 0 Å². The van der Waals surface area contributed by atoms with Gasteiger partial charge in [-0.25, -0.2) is 4.79 Å². The van der Waals surface area contributed by atoms with Gasteiger partial charge >= 0.3 is 6.09 Å². The fraction of sp³-hybridized carbons (Fsp3) is 0.929. The smallest absolute Gasteiger partial charge is 0.407 e. The van der Waals surface area contributed by atoms with Crippen LogP contribution in [0.3, 0.4) is 0 Å². The van der Waals surface area contributed by atoms with E-state index in [9.17, 15) is 4.79 Å². The number of hydrogen-bond acceptors (Lipinski definition) is 3. The zero-order chi connectivity index (χ0) is 13.2. The highest BCUT2D eigenvalue weighted by molar-refractivity contribution is 5.67. The number of carbonyl (C=O) groups is 1. The van der Waals surface area contributed by atoms with Gasteiger partial charge in [-0.2, -0.15) is 0 Å². The van der Waals surface area contributed by atoms with Gasteiger partial charge in [-0.15, -0.1) is 0 Å². The maximum atomic E-state index is 11.5. The molecule has 0 radical (unpaired) electrons. The predicted molar refractivity (Wildman–Crippen MR) is 69.5 cm³/mol. The standard InChI is InChI=1S/C14H25NO3/c1-13(2,3)18-12(16)15-10-9-14-8-6-4-5-7-11(14)17-14/h11H,4-10H2,1-3H3,(H,15,16). The summed E-state index contributed by atoms with van der Waals surface area (Å²) in [6.45, 7) is 6.26. The molecule has 2 fully saturated rings. The molecule has 1 N–H and O–H groups in total. The van der Waals surface area contributed by atoms with Gasteiger partial charge in [-0.05, 0) is 40.0 Å². The molecule has 0 bridgehead atoms. The Bertz CT molecular complexity index is 311. The molecular formula is C14H25NO3. The van der Waals surface area contributed by atoms with Crippen molar-refractivity contribution in [2.24, 2.45) is 0 Å². The minimum absolute atomic E-state index is 0.0749. The van der Waals surface area contributed by atoms with Gasteiger partial charge < -0.3 is 14.8 Å². The summed E-state index contributed by atoms with van der Waals surface area (Å²) in [5, 5.41) is 2.82. The Kier molecular flexibility index (Phi) is 3.85. The van der Waals surface area contributed by atoms with Crippen LogP contribution in [-0.4, -0.2) is 29.9 Å². The molecule has 0 aromatic rings. The first kappa shape index (κ1) is 13.7. The van der Waals surface area contributed by atoms with E-state index in [1.54, 1.807) is 0 Å². The molecule has 1 aliphatic heterocycles. The van der Waals surface area contributed by atoms with Crippen LogP contribution < -0.4 is 5.32 Å². The molecule has 0 aromatic heterocycles. The molecule has 1 saturated carbocycles. The van der Waals surface area contributed by atoms with Gasteiger partial charge in [0.15, 0.2) is 0 Å². The lowest BCUT2D eigenvalue weighted by Crippen LogP contribution is -2.34. The third kappa shape index (κ3) is 3.61. The largest absolute Gasteiger partial charge is 0.444 e. The number of amides is 1. The number of fused-ring (bicyclic) bond motifs is 1. The van der Waals surface area contributed by atoms with E-state index in [0.29, 0.717) is 12.6 Å². The second kappa shape index (κ2) is 5.08. The molecule has 2 rings (SSSR count). The first-order valence-electron chi connectivity index (χ1n) is 7.06. The average Bonchev–Trinajstić information content (AvgIpc) is 2.88. The van der Waals surface area contributed by atoms with Crippen LogP contribution in [0.2, 0.25) is 0 Å². The van der Waals surface area contributed by atoms with E-state index in [4.69, 9.17) is 9.47 Å². The van der Waals surface area contributed by atoms with Gasteiger partial charge in [0.25, 0.3) is 0 Å². The minimum Gasteiger partial charge on any atom is -0.444 e. The lowest BCUT2D eigenvalue weighted by atomic mass is 9.96. The second-order valence-corrected chi connectivity index (χ2v) is 6.45. The number of ether oxygens (including phenoxy) is 2. The van der Waals surface area contributed by atoms with Gasteiger partial charge in [-0.1, -0.05) is 19.3 Å². The number of nitrogens with one attached hydrogen (secondary N) is 1. The predicted octanol–water partition coefficient (Wildman–Crippen LogP) is 3.00. The molecule has 1 heterocycles. The molecule has 1 saturated heterocycles. The highest BCUT2D eigenvalue weighted by Gasteiger charge is 2.55. The van der Waals surface area contributed by atoms with Crippen LogP contribution in [0, 0.1) is 0 Å². The molecule has 1 aliphatic carbocycles. The van der Waals surface area contributed by atoms with Crippen molar-refractivity contribution in [3.8, 4) is 0 Å². The van der Waals surface area contributed by atoms with E-state index in [-0.39, 0.29) is 11.7 Å². The summed E-state index contributed by atoms with van der Waals surface area (Å²) in [6.07, 6.45) is 7.22. The van der Waals surface area contributed by atoms with E-state index in [1.165, 1.54) is 25.7 Å². The zero-order valence-electron chi connectivity index (χ0n) is 11.8. The third-order valence-corrected chi connectivity index (χ3v) is 3.69. The molecule has 1 amide bonds. The van der Waals surface area contributed by atoms with Crippen LogP contribution in [0.1, 0.15) is 59.3 Å². The van der Waals surface area contributed by atoms with Crippen LogP contribution in [0.5, 0.6) is 0 Å². The molecular weight excluding hydrogens is 230 g/mol. The van der Waals surface area contributed by atoms with Crippen molar-refractivity contribution in [3.63, 3.8) is 0 Å². The highest BCUT2D eigenvalue weighted by Crippen LogP contribution is 2.48. The lowest BCUT2D eigenvalue weighted by Gasteiger charge is -2.20. The summed E-state index contributed by atoms with van der Waals surface area (Å²) in [4.78, 5) is 11.5. The molecule has 4 heteroatoms. The Morgan fingerprint density at radius 2 is 2.17 bits per heavy atom. The summed E-state index contributed by atoms with van der Waals surface area (Å²) in [5.41, 5.74) is -0.352. The van der Waals surface area contributed by atoms with Crippen LogP contribution in [0.4, 0.5) is 4.79 Å². The van der Waals surface area contributed by atoms with Gasteiger partial charge in [0.05, 0.1) is 11.7 Å². The Morgan fingerprint density at radius 3 is 2.89 bits per heavy atom. The van der Waals surface area contributed by atoms with E-state index in [2.05, 4.69) is 5.32 Å². The Labute approximate surface area is 109 Å². The van der Waals surface area contributed by atoms with Crippen molar-refractivity contribution >= 4 is 6.09 Å². The van der Waals surface area contributed by atoms with Crippen molar-refractivity contribution in [2.45, 2.75) is 76.6 Å². The van der Waals surface area contributed by atoms with Crippen LogP contribution >= 0.6 is 0 Å². The average molecular weight is 255 g/mol. The monoisotopic (exact) mass is 255 g/mol. The maximum Gasteiger partial charge on any atom is 0.407 e. The summed E-state index contributed by atoms with van der Waals surface area (Å²) in [6, 6.07) is 0. The Balaban J connectivity index is 1.68. The van der Waals surface area contributed by atoms with Crippen molar-refractivity contribution < 1.29 is 14.3 Å². The first-order valence-corrected chi connectivity index (χ1v) is 7.06. The van der Waals surface area contributed by atoms with Gasteiger partial charge in [0.1, 0.15) is 5.60 Å². The van der Waals surface area contributed by atoms with Gasteiger partial charge in [0.2, 0.25) is 0 Å². The fourth-order valence-electron chi connectivity index (χ4n) is 2.76. The molecule has 0 spiro atoms. The quantitative estimate of drug-likeness (QED) is 0.789. The van der Waals surface area contributed by atoms with Crippen molar-refractivity contribution in [1.82, 2.24) is 5.32 Å². The summed E-state index contributed by atoms with van der Waals surface area (Å²) >= 11 is 0. The maximum absolute atomic E-state index is 11.5. The van der Waals surface area contributed by atoms with E-state index in [1.807, 2.05) is 20.8 Å². The lowest BCUT2D eigenvalue weighted by molar-refractivity contribution is 0.0523. The second-order valence-electron chi connectivity index (χ2n) is 6.45. The number of alkyl carbamates (subject to hydrolysis) is 1. The molecule has 18 heavy (non-hydrogen) atoms. The minimum atomic E-state index is -0.427. The zero-order valence-corrected chi connectivity index (χ0v) is 11.8. The van der Waals surface area contributed by atoms with Crippen molar-refractivity contribution in [1.29, 1.82) is 0 Å². The Hall–Kier alpha value is -0.770. The third-order valence-electron chi connectivity index (χ3n) is 3.69. The first-order chi connectivity index (χ1) is 8.41. The number of carbonyl (C=O) groups excluding carboxylic acids is 1. The van der Waals surface area contributed by atoms with Crippen molar-refractivity contribution in [3.05, 3.63) is 0 Å². The summed E-state index contributed by atoms with van der Waals surface area (Å²) in [7, 11) is 0. The molecule has 0 aromatic carbocycles. The van der Waals surface area contributed by atoms with E-state index in [0.717, 1.165) is 12.8 Å². The van der Waals surface area contributed by atoms with Gasteiger partial charge in [0, 0.05) is 6.54 Å². The molecule has 4 nitrogen and oxygen atoms in total.